The van der Waals surface area contributed by atoms with Crippen LogP contribution in [-0.2, 0) is 5.41 Å². The summed E-state index contributed by atoms with van der Waals surface area (Å²) < 4.78 is 0. The first-order valence-corrected chi connectivity index (χ1v) is 14.9. The lowest BCUT2D eigenvalue weighted by Crippen LogP contribution is -2.25. The molecule has 0 radical (unpaired) electrons. The number of hydrogen-bond donors (Lipinski definition) is 0. The fraction of sp³-hybridized carbons (Fsp3) is 0.0244. The quantitative estimate of drug-likeness (QED) is 0.200. The van der Waals surface area contributed by atoms with Crippen LogP contribution in [0.4, 0.5) is 0 Å². The molecule has 0 aliphatic heterocycles. The molecule has 0 N–H and O–H groups in total. The molecule has 0 heterocycles. The zero-order valence-corrected chi connectivity index (χ0v) is 23.6. The van der Waals surface area contributed by atoms with Crippen molar-refractivity contribution in [2.24, 2.45) is 0 Å². The van der Waals surface area contributed by atoms with Gasteiger partial charge in [0.25, 0.3) is 0 Å². The summed E-state index contributed by atoms with van der Waals surface area (Å²) in [7, 11) is 0. The van der Waals surface area contributed by atoms with E-state index in [0.717, 1.165) is 16.1 Å². The third-order valence-electron chi connectivity index (χ3n) is 9.37. The van der Waals surface area contributed by atoms with E-state index >= 15 is 0 Å². The van der Waals surface area contributed by atoms with Gasteiger partial charge in [-0.15, -0.1) is 0 Å². The van der Waals surface area contributed by atoms with Crippen LogP contribution >= 0.6 is 11.6 Å². The molecule has 0 amide bonds. The Morgan fingerprint density at radius 3 is 1.50 bits per heavy atom. The maximum atomic E-state index is 6.85. The molecule has 1 heteroatoms. The van der Waals surface area contributed by atoms with Crippen LogP contribution in [0, 0.1) is 0 Å². The van der Waals surface area contributed by atoms with E-state index in [1.165, 1.54) is 66.4 Å². The minimum Gasteiger partial charge on any atom is -0.0837 e. The Morgan fingerprint density at radius 2 is 0.833 bits per heavy atom. The van der Waals surface area contributed by atoms with Crippen LogP contribution in [0.15, 0.2) is 152 Å². The van der Waals surface area contributed by atoms with Gasteiger partial charge in [0, 0.05) is 10.6 Å². The average molecular weight is 553 g/mol. The lowest BCUT2D eigenvalue weighted by molar-refractivity contribution is 0.795. The molecular formula is C41H25Cl. The molecular weight excluding hydrogens is 528 g/mol. The maximum absolute atomic E-state index is 6.85. The lowest BCUT2D eigenvalue weighted by Gasteiger charge is -2.31. The Labute approximate surface area is 250 Å². The molecule has 7 aromatic carbocycles. The third kappa shape index (κ3) is 2.97. The van der Waals surface area contributed by atoms with E-state index in [1.807, 2.05) is 12.1 Å². The van der Waals surface area contributed by atoms with E-state index in [2.05, 4.69) is 140 Å². The highest BCUT2D eigenvalue weighted by molar-refractivity contribution is 6.33. The van der Waals surface area contributed by atoms with E-state index in [-0.39, 0.29) is 0 Å². The van der Waals surface area contributed by atoms with Crippen molar-refractivity contribution < 1.29 is 0 Å². The van der Waals surface area contributed by atoms with Crippen molar-refractivity contribution in [1.29, 1.82) is 0 Å². The van der Waals surface area contributed by atoms with E-state index in [1.54, 1.807) is 0 Å². The molecule has 2 aliphatic carbocycles. The predicted molar refractivity (Wildman–Crippen MR) is 176 cm³/mol. The summed E-state index contributed by atoms with van der Waals surface area (Å²) in [6.45, 7) is 0. The van der Waals surface area contributed by atoms with Crippen molar-refractivity contribution in [1.82, 2.24) is 0 Å². The summed E-state index contributed by atoms with van der Waals surface area (Å²) in [6, 6.07) is 55.3. The largest absolute Gasteiger partial charge is 0.0837 e. The summed E-state index contributed by atoms with van der Waals surface area (Å²) >= 11 is 6.85. The molecule has 1 spiro atoms. The molecule has 42 heavy (non-hydrogen) atoms. The van der Waals surface area contributed by atoms with E-state index in [4.69, 9.17) is 11.6 Å². The summed E-state index contributed by atoms with van der Waals surface area (Å²) in [4.78, 5) is 0. The second kappa shape index (κ2) is 8.79. The van der Waals surface area contributed by atoms with Gasteiger partial charge in [0.1, 0.15) is 0 Å². The number of halogens is 1. The molecule has 0 atom stereocenters. The third-order valence-corrected chi connectivity index (χ3v) is 9.70. The Bertz CT molecular complexity index is 2170. The molecule has 0 aromatic heterocycles. The van der Waals surface area contributed by atoms with Crippen molar-refractivity contribution in [2.45, 2.75) is 5.41 Å². The van der Waals surface area contributed by atoms with Crippen LogP contribution in [0.3, 0.4) is 0 Å². The van der Waals surface area contributed by atoms with Gasteiger partial charge in [-0.2, -0.15) is 0 Å². The van der Waals surface area contributed by atoms with Crippen LogP contribution in [-0.4, -0.2) is 0 Å². The Hall–Kier alpha value is -4.91. The van der Waals surface area contributed by atoms with Crippen molar-refractivity contribution in [2.75, 3.05) is 0 Å². The number of benzene rings is 7. The van der Waals surface area contributed by atoms with Crippen LogP contribution in [0.25, 0.3) is 55.3 Å². The van der Waals surface area contributed by atoms with E-state index in [0.29, 0.717) is 0 Å². The fourth-order valence-electron chi connectivity index (χ4n) is 7.81. The molecule has 0 fully saturated rings. The lowest BCUT2D eigenvalue weighted by atomic mass is 9.70. The van der Waals surface area contributed by atoms with Crippen LogP contribution in [0.1, 0.15) is 22.3 Å². The highest BCUT2D eigenvalue weighted by Gasteiger charge is 2.52. The van der Waals surface area contributed by atoms with Gasteiger partial charge in [-0.05, 0) is 84.1 Å². The summed E-state index contributed by atoms with van der Waals surface area (Å²) in [6.07, 6.45) is 0. The Morgan fingerprint density at radius 1 is 0.357 bits per heavy atom. The Kier molecular flexibility index (Phi) is 4.97. The minimum absolute atomic E-state index is 0.392. The molecule has 0 unspecified atom stereocenters. The standard InChI is InChI=1S/C41H25Cl/c42-38-24-12-8-18-31(38)28-15-3-4-19-32(28)39-27-14-2-1-13-26(27)25-37-40(39)33-20-7-11-23-36(33)41(37)34-21-9-5-16-29(34)30-17-6-10-22-35(30)41/h1-25H. The average Bonchev–Trinajstić information content (AvgIpc) is 3.51. The SMILES string of the molecule is Clc1ccccc1-c1ccccc1-c1c2c(cc3ccccc13)C1(c3ccccc3-c3ccccc31)c1ccccc1-2. The normalized spacial score (nSPS) is 13.5. The molecule has 7 aromatic rings. The van der Waals surface area contributed by atoms with Crippen molar-refractivity contribution in [3.8, 4) is 44.5 Å². The number of fused-ring (bicyclic) bond motifs is 11. The van der Waals surface area contributed by atoms with Crippen molar-refractivity contribution >= 4 is 22.4 Å². The van der Waals surface area contributed by atoms with Crippen LogP contribution < -0.4 is 0 Å². The van der Waals surface area contributed by atoms with Crippen LogP contribution in [0.2, 0.25) is 5.02 Å². The molecule has 0 bridgehead atoms. The number of hydrogen-bond acceptors (Lipinski definition) is 0. The molecule has 0 saturated heterocycles. The topological polar surface area (TPSA) is 0 Å². The van der Waals surface area contributed by atoms with Gasteiger partial charge in [0.05, 0.1) is 5.41 Å². The van der Waals surface area contributed by atoms with Gasteiger partial charge in [-0.25, -0.2) is 0 Å². The Balaban J connectivity index is 1.50. The van der Waals surface area contributed by atoms with Gasteiger partial charge in [-0.1, -0.05) is 151 Å². The molecule has 196 valence electrons. The van der Waals surface area contributed by atoms with E-state index in [9.17, 15) is 0 Å². The molecule has 0 saturated carbocycles. The fourth-order valence-corrected chi connectivity index (χ4v) is 8.04. The summed E-state index contributed by atoms with van der Waals surface area (Å²) in [5, 5.41) is 3.26. The second-order valence-electron chi connectivity index (χ2n) is 11.3. The molecule has 9 rings (SSSR count). The monoisotopic (exact) mass is 552 g/mol. The highest BCUT2D eigenvalue weighted by Crippen LogP contribution is 2.65. The van der Waals surface area contributed by atoms with Crippen molar-refractivity contribution in [3.05, 3.63) is 179 Å². The van der Waals surface area contributed by atoms with Gasteiger partial charge < -0.3 is 0 Å². The first kappa shape index (κ1) is 23.8. The zero-order chi connectivity index (χ0) is 27.8. The summed E-state index contributed by atoms with van der Waals surface area (Å²) in [5.41, 5.74) is 14.9. The van der Waals surface area contributed by atoms with Gasteiger partial charge in [-0.3, -0.25) is 0 Å². The van der Waals surface area contributed by atoms with Gasteiger partial charge in [0.2, 0.25) is 0 Å². The second-order valence-corrected chi connectivity index (χ2v) is 11.7. The minimum atomic E-state index is -0.392. The molecule has 2 aliphatic rings. The smallest absolute Gasteiger partial charge is 0.0725 e. The molecule has 0 nitrogen and oxygen atoms in total. The van der Waals surface area contributed by atoms with Crippen LogP contribution in [0.5, 0.6) is 0 Å². The summed E-state index contributed by atoms with van der Waals surface area (Å²) in [5.74, 6) is 0. The first-order valence-electron chi connectivity index (χ1n) is 14.5. The maximum Gasteiger partial charge on any atom is 0.0725 e. The highest BCUT2D eigenvalue weighted by atomic mass is 35.5. The van der Waals surface area contributed by atoms with Crippen molar-refractivity contribution in [3.63, 3.8) is 0 Å². The zero-order valence-electron chi connectivity index (χ0n) is 22.8. The van der Waals surface area contributed by atoms with Gasteiger partial charge in [0.15, 0.2) is 0 Å². The van der Waals surface area contributed by atoms with Gasteiger partial charge >= 0.3 is 0 Å². The predicted octanol–water partition coefficient (Wildman–Crippen LogP) is 11.2. The first-order chi connectivity index (χ1) is 20.8. The number of rotatable bonds is 2. The van der Waals surface area contributed by atoms with E-state index < -0.39 is 5.41 Å².